The van der Waals surface area contributed by atoms with Crippen LogP contribution >= 0.6 is 0 Å². The Bertz CT molecular complexity index is 350. The van der Waals surface area contributed by atoms with Gasteiger partial charge in [0.25, 0.3) is 0 Å². The molecule has 1 rings (SSSR count). The van der Waals surface area contributed by atoms with Gasteiger partial charge in [0.05, 0.1) is 7.11 Å². The number of amides is 2. The molecule has 2 amide bonds. The Labute approximate surface area is 102 Å². The Morgan fingerprint density at radius 1 is 1.29 bits per heavy atom. The minimum absolute atomic E-state index is 0.00638. The number of carbonyl (C=O) groups excluding carboxylic acids is 1. The summed E-state index contributed by atoms with van der Waals surface area (Å²) in [6, 6.07) is 9.93. The third-order valence-corrected chi connectivity index (χ3v) is 2.45. The van der Waals surface area contributed by atoms with E-state index in [9.17, 15) is 4.79 Å². The summed E-state index contributed by atoms with van der Waals surface area (Å²) in [6.07, 6.45) is 0.918. The lowest BCUT2D eigenvalue weighted by atomic mass is 9.86. The number of carbonyl (C=O) groups is 1. The first kappa shape index (κ1) is 13.5. The Hall–Kier alpha value is -1.55. The first-order chi connectivity index (χ1) is 8.03. The number of rotatable bonds is 5. The Morgan fingerprint density at radius 2 is 1.94 bits per heavy atom. The predicted molar refractivity (Wildman–Crippen MR) is 67.5 cm³/mol. The van der Waals surface area contributed by atoms with Crippen LogP contribution in [0.4, 0.5) is 4.79 Å². The summed E-state index contributed by atoms with van der Waals surface area (Å²) >= 11 is 0. The van der Waals surface area contributed by atoms with Gasteiger partial charge in [0, 0.05) is 6.54 Å². The van der Waals surface area contributed by atoms with Gasteiger partial charge in [0.2, 0.25) is 0 Å². The second-order valence-electron chi connectivity index (χ2n) is 4.82. The van der Waals surface area contributed by atoms with Crippen LogP contribution in [0.15, 0.2) is 30.3 Å². The number of hydrogen-bond donors (Lipinski definition) is 2. The molecule has 4 heteroatoms. The zero-order valence-corrected chi connectivity index (χ0v) is 10.6. The molecule has 4 nitrogen and oxygen atoms in total. The average molecular weight is 236 g/mol. The Morgan fingerprint density at radius 3 is 2.53 bits per heavy atom. The molecule has 0 radical (unpaired) electrons. The molecule has 17 heavy (non-hydrogen) atoms. The van der Waals surface area contributed by atoms with E-state index in [1.54, 1.807) is 0 Å². The maximum absolute atomic E-state index is 11.2. The molecule has 0 atom stereocenters. The summed E-state index contributed by atoms with van der Waals surface area (Å²) in [5, 5.41) is 2.77. The van der Waals surface area contributed by atoms with Gasteiger partial charge < -0.3 is 5.32 Å². The molecular weight excluding hydrogens is 216 g/mol. The van der Waals surface area contributed by atoms with E-state index < -0.39 is 0 Å². The van der Waals surface area contributed by atoms with E-state index in [4.69, 9.17) is 0 Å². The van der Waals surface area contributed by atoms with Crippen molar-refractivity contribution < 1.29 is 9.63 Å². The second-order valence-corrected chi connectivity index (χ2v) is 4.82. The molecule has 0 aliphatic heterocycles. The van der Waals surface area contributed by atoms with Crippen LogP contribution < -0.4 is 10.8 Å². The van der Waals surface area contributed by atoms with Crippen molar-refractivity contribution in [2.75, 3.05) is 13.7 Å². The zero-order chi connectivity index (χ0) is 12.7. The molecule has 0 fully saturated rings. The van der Waals surface area contributed by atoms with Crippen LogP contribution in [-0.2, 0) is 11.3 Å². The highest BCUT2D eigenvalue weighted by Crippen LogP contribution is 2.20. The lowest BCUT2D eigenvalue weighted by molar-refractivity contribution is 0.106. The summed E-state index contributed by atoms with van der Waals surface area (Å²) in [5.74, 6) is 0. The van der Waals surface area contributed by atoms with Gasteiger partial charge in [0.15, 0.2) is 0 Å². The van der Waals surface area contributed by atoms with E-state index >= 15 is 0 Å². The van der Waals surface area contributed by atoms with Crippen LogP contribution in [0, 0.1) is 5.41 Å². The smallest absolute Gasteiger partial charge is 0.336 e. The van der Waals surface area contributed by atoms with Gasteiger partial charge >= 0.3 is 6.03 Å². The molecule has 2 N–H and O–H groups in total. The quantitative estimate of drug-likeness (QED) is 0.769. The van der Waals surface area contributed by atoms with Crippen molar-refractivity contribution in [3.63, 3.8) is 0 Å². The number of hydroxylamine groups is 1. The van der Waals surface area contributed by atoms with Crippen LogP contribution in [0.2, 0.25) is 0 Å². The first-order valence-electron chi connectivity index (χ1n) is 5.64. The third-order valence-electron chi connectivity index (χ3n) is 2.45. The summed E-state index contributed by atoms with van der Waals surface area (Å²) in [6.45, 7) is 4.83. The number of hydrogen-bond acceptors (Lipinski definition) is 2. The Balaban J connectivity index is 2.43. The fourth-order valence-electron chi connectivity index (χ4n) is 1.66. The maximum Gasteiger partial charge on any atom is 0.338 e. The normalized spacial score (nSPS) is 11.0. The number of urea groups is 1. The fourth-order valence-corrected chi connectivity index (χ4v) is 1.66. The third kappa shape index (κ3) is 5.36. The van der Waals surface area contributed by atoms with Crippen molar-refractivity contribution in [2.24, 2.45) is 5.41 Å². The SMILES string of the molecule is CONC(=O)NCC(C)(C)Cc1ccccc1. The van der Waals surface area contributed by atoms with Crippen LogP contribution in [-0.4, -0.2) is 19.7 Å². The summed E-state index contributed by atoms with van der Waals surface area (Å²) in [4.78, 5) is 15.7. The van der Waals surface area contributed by atoms with Crippen LogP contribution in [0.5, 0.6) is 0 Å². The van der Waals surface area contributed by atoms with E-state index in [1.165, 1.54) is 12.7 Å². The van der Waals surface area contributed by atoms with Gasteiger partial charge in [-0.3, -0.25) is 4.84 Å². The summed E-state index contributed by atoms with van der Waals surface area (Å²) < 4.78 is 0. The standard InChI is InChI=1S/C13H20N2O2/c1-13(2,10-14-12(16)15-17-3)9-11-7-5-4-6-8-11/h4-8H,9-10H2,1-3H3,(H2,14,15,16). The largest absolute Gasteiger partial charge is 0.338 e. The lowest BCUT2D eigenvalue weighted by Gasteiger charge is -2.25. The molecule has 0 aliphatic rings. The topological polar surface area (TPSA) is 50.4 Å². The molecule has 0 aromatic heterocycles. The van der Waals surface area contributed by atoms with E-state index in [1.807, 2.05) is 18.2 Å². The van der Waals surface area contributed by atoms with Gasteiger partial charge in [-0.05, 0) is 17.4 Å². The molecule has 0 heterocycles. The van der Waals surface area contributed by atoms with Crippen molar-refractivity contribution >= 4 is 6.03 Å². The molecule has 0 bridgehead atoms. The molecule has 0 unspecified atom stereocenters. The molecule has 0 saturated carbocycles. The molecule has 94 valence electrons. The van der Waals surface area contributed by atoms with Crippen molar-refractivity contribution in [1.29, 1.82) is 0 Å². The minimum Gasteiger partial charge on any atom is -0.336 e. The fraction of sp³-hybridized carbons (Fsp3) is 0.462. The van der Waals surface area contributed by atoms with Crippen molar-refractivity contribution in [3.05, 3.63) is 35.9 Å². The molecule has 1 aromatic rings. The Kier molecular flexibility index (Phi) is 4.97. The van der Waals surface area contributed by atoms with Gasteiger partial charge in [0.1, 0.15) is 0 Å². The maximum atomic E-state index is 11.2. The second kappa shape index (κ2) is 6.25. The highest BCUT2D eigenvalue weighted by atomic mass is 16.6. The van der Waals surface area contributed by atoms with Crippen LogP contribution in [0.1, 0.15) is 19.4 Å². The average Bonchev–Trinajstić information content (AvgIpc) is 2.28. The molecule has 1 aromatic carbocycles. The van der Waals surface area contributed by atoms with Crippen LogP contribution in [0.3, 0.4) is 0 Å². The molecular formula is C13H20N2O2. The van der Waals surface area contributed by atoms with Crippen molar-refractivity contribution in [1.82, 2.24) is 10.8 Å². The number of benzene rings is 1. The predicted octanol–water partition coefficient (Wildman–Crippen LogP) is 2.12. The monoisotopic (exact) mass is 236 g/mol. The van der Waals surface area contributed by atoms with E-state index in [2.05, 4.69) is 41.6 Å². The van der Waals surface area contributed by atoms with Crippen molar-refractivity contribution in [3.8, 4) is 0 Å². The highest BCUT2D eigenvalue weighted by molar-refractivity contribution is 5.72. The van der Waals surface area contributed by atoms with Gasteiger partial charge in [-0.25, -0.2) is 10.3 Å². The minimum atomic E-state index is -0.311. The van der Waals surface area contributed by atoms with E-state index in [0.29, 0.717) is 6.54 Å². The molecule has 0 saturated heterocycles. The highest BCUT2D eigenvalue weighted by Gasteiger charge is 2.19. The van der Waals surface area contributed by atoms with Gasteiger partial charge in [-0.1, -0.05) is 44.2 Å². The van der Waals surface area contributed by atoms with E-state index in [0.717, 1.165) is 6.42 Å². The van der Waals surface area contributed by atoms with Gasteiger partial charge in [-0.2, -0.15) is 0 Å². The summed E-state index contributed by atoms with van der Waals surface area (Å²) in [5.41, 5.74) is 3.51. The number of nitrogens with one attached hydrogen (secondary N) is 2. The van der Waals surface area contributed by atoms with E-state index in [-0.39, 0.29) is 11.4 Å². The lowest BCUT2D eigenvalue weighted by Crippen LogP contribution is -2.40. The molecule has 0 aliphatic carbocycles. The summed E-state index contributed by atoms with van der Waals surface area (Å²) in [7, 11) is 1.41. The van der Waals surface area contributed by atoms with Gasteiger partial charge in [-0.15, -0.1) is 0 Å². The van der Waals surface area contributed by atoms with Crippen molar-refractivity contribution in [2.45, 2.75) is 20.3 Å². The molecule has 0 spiro atoms. The first-order valence-corrected chi connectivity index (χ1v) is 5.64. The zero-order valence-electron chi connectivity index (χ0n) is 10.6. The van der Waals surface area contributed by atoms with Crippen LogP contribution in [0.25, 0.3) is 0 Å².